The van der Waals surface area contributed by atoms with Gasteiger partial charge in [-0.3, -0.25) is 0 Å². The lowest BCUT2D eigenvalue weighted by atomic mass is 10.2. The van der Waals surface area contributed by atoms with Crippen LogP contribution in [0.3, 0.4) is 0 Å². The van der Waals surface area contributed by atoms with Crippen molar-refractivity contribution in [3.63, 3.8) is 0 Å². The van der Waals surface area contributed by atoms with Gasteiger partial charge in [-0.25, -0.2) is 0 Å². The molecular weight excluding hydrogens is 244 g/mol. The van der Waals surface area contributed by atoms with Gasteiger partial charge in [0.25, 0.3) is 0 Å². The number of fused-ring (bicyclic) bond motifs is 1. The molecule has 15 heavy (non-hydrogen) atoms. The molecule has 0 spiro atoms. The van der Waals surface area contributed by atoms with Gasteiger partial charge >= 0.3 is 0 Å². The van der Waals surface area contributed by atoms with Gasteiger partial charge < -0.3 is 14.0 Å². The maximum atomic E-state index is 9.89. The third-order valence-corrected chi connectivity index (χ3v) is 19.2. The van der Waals surface area contributed by atoms with E-state index in [1.807, 2.05) is 0 Å². The molecule has 0 saturated carbocycles. The minimum absolute atomic E-state index is 0.0194. The van der Waals surface area contributed by atoms with Crippen LogP contribution in [0.25, 0.3) is 0 Å². The van der Waals surface area contributed by atoms with E-state index in [1.165, 1.54) is 0 Å². The van der Waals surface area contributed by atoms with Gasteiger partial charge in [-0.15, -0.1) is 0 Å². The number of hydrogen-bond donors (Lipinski definition) is 1. The predicted molar refractivity (Wildman–Crippen MR) is 68.0 cm³/mol. The lowest BCUT2D eigenvalue weighted by Gasteiger charge is -2.36. The standard InChI is InChI=1S/C9H20O3SSi2/c1-14(2)11-5-8-9(7(10)6-13-8)12-15(14,3)4/h7-10H,5-6H2,1-4H3/t7-,8+,9-/m0/s1. The molecule has 2 fully saturated rings. The van der Waals surface area contributed by atoms with E-state index in [0.29, 0.717) is 5.25 Å². The fourth-order valence-corrected chi connectivity index (χ4v) is 8.13. The van der Waals surface area contributed by atoms with E-state index in [9.17, 15) is 5.11 Å². The molecule has 0 bridgehead atoms. The van der Waals surface area contributed by atoms with Crippen molar-refractivity contribution < 1.29 is 14.0 Å². The summed E-state index contributed by atoms with van der Waals surface area (Å²) in [5.74, 6) is 0.797. The van der Waals surface area contributed by atoms with Crippen LogP contribution in [0.2, 0.25) is 26.2 Å². The highest BCUT2D eigenvalue weighted by Gasteiger charge is 2.53. The highest BCUT2D eigenvalue weighted by Crippen LogP contribution is 2.37. The molecule has 0 aromatic heterocycles. The highest BCUT2D eigenvalue weighted by atomic mass is 32.2. The van der Waals surface area contributed by atoms with E-state index in [4.69, 9.17) is 8.85 Å². The summed E-state index contributed by atoms with van der Waals surface area (Å²) in [5.41, 5.74) is 0. The summed E-state index contributed by atoms with van der Waals surface area (Å²) in [7, 11) is -3.42. The lowest BCUT2D eigenvalue weighted by molar-refractivity contribution is 0.0545. The summed E-state index contributed by atoms with van der Waals surface area (Å²) in [5, 5.41) is 10.2. The van der Waals surface area contributed by atoms with Crippen LogP contribution in [-0.4, -0.2) is 50.6 Å². The van der Waals surface area contributed by atoms with E-state index in [1.54, 1.807) is 11.8 Å². The second kappa shape index (κ2) is 3.85. The number of aliphatic hydroxyl groups is 1. The normalized spacial score (nSPS) is 43.4. The largest absolute Gasteiger partial charge is 0.416 e. The first-order chi connectivity index (χ1) is 6.83. The Labute approximate surface area is 97.6 Å². The van der Waals surface area contributed by atoms with Crippen molar-refractivity contribution in [1.82, 2.24) is 0 Å². The van der Waals surface area contributed by atoms with Crippen LogP contribution in [0.1, 0.15) is 0 Å². The van der Waals surface area contributed by atoms with Crippen LogP contribution in [-0.2, 0) is 8.85 Å². The molecule has 2 aliphatic rings. The Bertz CT molecular complexity index is 260. The van der Waals surface area contributed by atoms with Crippen LogP contribution < -0.4 is 0 Å². The number of rotatable bonds is 0. The van der Waals surface area contributed by atoms with Crippen molar-refractivity contribution in [3.05, 3.63) is 0 Å². The third kappa shape index (κ3) is 2.08. The monoisotopic (exact) mass is 264 g/mol. The maximum absolute atomic E-state index is 9.89. The van der Waals surface area contributed by atoms with Crippen molar-refractivity contribution in [2.24, 2.45) is 0 Å². The van der Waals surface area contributed by atoms with Crippen LogP contribution in [0.5, 0.6) is 0 Å². The molecule has 0 unspecified atom stereocenters. The molecule has 2 aliphatic heterocycles. The van der Waals surface area contributed by atoms with Gasteiger partial charge in [0, 0.05) is 12.4 Å². The van der Waals surface area contributed by atoms with Crippen molar-refractivity contribution in [2.75, 3.05) is 12.4 Å². The van der Waals surface area contributed by atoms with E-state index in [2.05, 4.69) is 26.2 Å². The molecule has 6 heteroatoms. The second-order valence-electron chi connectivity index (χ2n) is 5.35. The van der Waals surface area contributed by atoms with Gasteiger partial charge in [0.2, 0.25) is 15.7 Å². The zero-order chi connectivity index (χ0) is 11.3. The molecular formula is C9H20O3SSi2. The van der Waals surface area contributed by atoms with Gasteiger partial charge in [-0.1, -0.05) is 0 Å². The van der Waals surface area contributed by atoms with Crippen molar-refractivity contribution in [2.45, 2.75) is 43.6 Å². The Kier molecular flexibility index (Phi) is 3.11. The van der Waals surface area contributed by atoms with Gasteiger partial charge in [0.1, 0.15) is 0 Å². The second-order valence-corrected chi connectivity index (χ2v) is 20.4. The molecule has 0 aliphatic carbocycles. The zero-order valence-electron chi connectivity index (χ0n) is 9.82. The zero-order valence-corrected chi connectivity index (χ0v) is 12.6. The molecule has 2 rings (SSSR count). The Morgan fingerprint density at radius 3 is 2.53 bits per heavy atom. The molecule has 2 saturated heterocycles. The first-order valence-corrected chi connectivity index (χ1v) is 13.3. The first kappa shape index (κ1) is 12.1. The van der Waals surface area contributed by atoms with Crippen LogP contribution in [0, 0.1) is 0 Å². The molecule has 0 aromatic rings. The number of hydrogen-bond acceptors (Lipinski definition) is 4. The van der Waals surface area contributed by atoms with Crippen LogP contribution in [0.4, 0.5) is 0 Å². The fraction of sp³-hybridized carbons (Fsp3) is 1.00. The predicted octanol–water partition coefficient (Wildman–Crippen LogP) is 1.37. The van der Waals surface area contributed by atoms with Gasteiger partial charge in [0.15, 0.2) is 0 Å². The molecule has 0 aromatic carbocycles. The Morgan fingerprint density at radius 2 is 1.87 bits per heavy atom. The molecule has 3 nitrogen and oxygen atoms in total. The van der Waals surface area contributed by atoms with E-state index in [0.717, 1.165) is 12.4 Å². The summed E-state index contributed by atoms with van der Waals surface area (Å²) in [4.78, 5) is 0. The average Bonchev–Trinajstić information content (AvgIpc) is 2.40. The van der Waals surface area contributed by atoms with E-state index >= 15 is 0 Å². The number of aliphatic hydroxyl groups excluding tert-OH is 1. The molecule has 1 N–H and O–H groups in total. The molecule has 0 radical (unpaired) electrons. The van der Waals surface area contributed by atoms with Crippen molar-refractivity contribution in [3.8, 4) is 0 Å². The van der Waals surface area contributed by atoms with Crippen LogP contribution >= 0.6 is 11.8 Å². The molecule has 3 atom stereocenters. The average molecular weight is 264 g/mol. The number of thioether (sulfide) groups is 1. The highest BCUT2D eigenvalue weighted by molar-refractivity contribution is 8.00. The quantitative estimate of drug-likeness (QED) is 0.671. The van der Waals surface area contributed by atoms with Crippen molar-refractivity contribution in [1.29, 1.82) is 0 Å². The van der Waals surface area contributed by atoms with E-state index in [-0.39, 0.29) is 12.2 Å². The Balaban J connectivity index is 2.21. The Hall–Kier alpha value is 0.664. The summed E-state index contributed by atoms with van der Waals surface area (Å²) < 4.78 is 12.4. The maximum Gasteiger partial charge on any atom is 0.205 e. The summed E-state index contributed by atoms with van der Waals surface area (Å²) >= 11 is 1.79. The molecule has 88 valence electrons. The SMILES string of the molecule is C[Si]1(C)OC[C@H]2SC[C@H](O)[C@@H]2O[Si]1(C)C. The van der Waals surface area contributed by atoms with Crippen molar-refractivity contribution >= 4 is 27.4 Å². The third-order valence-electron chi connectivity index (χ3n) is 3.72. The summed E-state index contributed by atoms with van der Waals surface area (Å²) in [6.45, 7) is 9.73. The van der Waals surface area contributed by atoms with Gasteiger partial charge in [0.05, 0.1) is 17.5 Å². The van der Waals surface area contributed by atoms with Crippen LogP contribution in [0.15, 0.2) is 0 Å². The fourth-order valence-electron chi connectivity index (χ4n) is 1.90. The molecule has 2 heterocycles. The Morgan fingerprint density at radius 1 is 1.20 bits per heavy atom. The first-order valence-electron chi connectivity index (χ1n) is 5.45. The summed E-state index contributed by atoms with van der Waals surface area (Å²) in [6, 6.07) is 0. The molecule has 0 amide bonds. The smallest absolute Gasteiger partial charge is 0.205 e. The van der Waals surface area contributed by atoms with E-state index < -0.39 is 15.7 Å². The van der Waals surface area contributed by atoms with Gasteiger partial charge in [-0.05, 0) is 26.2 Å². The minimum atomic E-state index is -1.75. The minimum Gasteiger partial charge on any atom is -0.416 e. The van der Waals surface area contributed by atoms with Gasteiger partial charge in [-0.2, -0.15) is 11.8 Å². The topological polar surface area (TPSA) is 38.7 Å². The summed E-state index contributed by atoms with van der Waals surface area (Å²) in [6.07, 6.45) is -0.274. The lowest BCUT2D eigenvalue weighted by Crippen LogP contribution is -2.59.